The van der Waals surface area contributed by atoms with Gasteiger partial charge < -0.3 is 15.2 Å². The maximum atomic E-state index is 13.4. The lowest BCUT2D eigenvalue weighted by Crippen LogP contribution is -2.12. The fourth-order valence-electron chi connectivity index (χ4n) is 2.87. The molecule has 3 N–H and O–H groups in total. The molecule has 8 heteroatoms. The number of nitrogens with zero attached hydrogens (tertiary/aromatic N) is 1. The topological polar surface area (TPSA) is 103 Å². The smallest absolute Gasteiger partial charge is 0.337 e. The van der Waals surface area contributed by atoms with Crippen molar-refractivity contribution >= 4 is 23.5 Å². The van der Waals surface area contributed by atoms with Gasteiger partial charge in [0.25, 0.3) is 0 Å². The third-order valence-electron chi connectivity index (χ3n) is 3.91. The highest BCUT2D eigenvalue weighted by atomic mass is 35.5. The summed E-state index contributed by atoms with van der Waals surface area (Å²) < 4.78 is 13.4. The summed E-state index contributed by atoms with van der Waals surface area (Å²) in [5.74, 6) is -3.11. The van der Waals surface area contributed by atoms with E-state index in [2.05, 4.69) is 9.97 Å². The molecule has 26 heavy (non-hydrogen) atoms. The Kier molecular flexibility index (Phi) is 4.48. The van der Waals surface area contributed by atoms with Gasteiger partial charge in [0.15, 0.2) is 0 Å². The van der Waals surface area contributed by atoms with Crippen molar-refractivity contribution in [1.82, 2.24) is 9.97 Å². The molecule has 132 valence electrons. The summed E-state index contributed by atoms with van der Waals surface area (Å²) in [6.45, 7) is 1.54. The second-order valence-electron chi connectivity index (χ2n) is 5.54. The first kappa shape index (κ1) is 17.6. The summed E-state index contributed by atoms with van der Waals surface area (Å²) in [5.41, 5.74) is 0.250. The summed E-state index contributed by atoms with van der Waals surface area (Å²) in [4.78, 5) is 30.5. The lowest BCUT2D eigenvalue weighted by atomic mass is 9.88. The monoisotopic (exact) mass is 374 g/mol. The zero-order chi connectivity index (χ0) is 19.0. The minimum absolute atomic E-state index is 0.0142. The number of imidazole rings is 1. The number of aromatic carboxylic acids is 2. The lowest BCUT2D eigenvalue weighted by Gasteiger charge is -2.17. The molecule has 0 fully saturated rings. The van der Waals surface area contributed by atoms with Crippen LogP contribution in [0.15, 0.2) is 36.7 Å². The average molecular weight is 375 g/mol. The number of aryl methyl sites for hydroxylation is 1. The second kappa shape index (κ2) is 6.61. The number of aromatic amines is 1. The first-order valence-electron chi connectivity index (χ1n) is 7.40. The molecule has 0 radical (unpaired) electrons. The fourth-order valence-corrected chi connectivity index (χ4v) is 3.14. The van der Waals surface area contributed by atoms with E-state index in [0.29, 0.717) is 5.56 Å². The van der Waals surface area contributed by atoms with Crippen molar-refractivity contribution in [2.75, 3.05) is 0 Å². The van der Waals surface area contributed by atoms with Gasteiger partial charge in [0.2, 0.25) is 0 Å². The van der Waals surface area contributed by atoms with E-state index in [4.69, 9.17) is 11.6 Å². The SMILES string of the molecule is Cc1cc(-c2ccc(F)cc2Cl)c(C(=O)O)c(-c2ncc[nH]2)c1C(=O)O. The Morgan fingerprint density at radius 1 is 1.12 bits per heavy atom. The van der Waals surface area contributed by atoms with Crippen LogP contribution in [0.4, 0.5) is 4.39 Å². The molecule has 3 aromatic rings. The van der Waals surface area contributed by atoms with Crippen molar-refractivity contribution < 1.29 is 24.2 Å². The van der Waals surface area contributed by atoms with E-state index in [1.807, 2.05) is 0 Å². The standard InChI is InChI=1S/C18H12ClFN2O4/c1-8-6-11(10-3-2-9(20)7-12(10)19)14(18(25)26)15(13(8)17(23)24)16-21-4-5-22-16/h2-7H,1H3,(H,21,22)(H,23,24)(H,25,26). The number of hydrogen-bond donors (Lipinski definition) is 3. The van der Waals surface area contributed by atoms with E-state index in [1.54, 1.807) is 6.92 Å². The molecule has 0 unspecified atom stereocenters. The number of benzene rings is 2. The predicted octanol–water partition coefficient (Wildman–Crippen LogP) is 4.24. The largest absolute Gasteiger partial charge is 0.478 e. The van der Waals surface area contributed by atoms with E-state index in [0.717, 1.165) is 12.1 Å². The number of carbonyl (C=O) groups is 2. The number of halogens is 2. The van der Waals surface area contributed by atoms with Gasteiger partial charge in [-0.1, -0.05) is 11.6 Å². The molecule has 0 saturated heterocycles. The maximum absolute atomic E-state index is 13.4. The summed E-state index contributed by atoms with van der Waals surface area (Å²) >= 11 is 6.10. The molecule has 1 heterocycles. The number of H-pyrrole nitrogens is 1. The van der Waals surface area contributed by atoms with Gasteiger partial charge in [-0.2, -0.15) is 0 Å². The van der Waals surface area contributed by atoms with Crippen LogP contribution in [-0.2, 0) is 0 Å². The zero-order valence-electron chi connectivity index (χ0n) is 13.4. The molecule has 0 atom stereocenters. The van der Waals surface area contributed by atoms with Crippen molar-refractivity contribution in [3.05, 3.63) is 64.2 Å². The number of carboxylic acid groups (broad SMARTS) is 2. The third-order valence-corrected chi connectivity index (χ3v) is 4.22. The molecule has 3 rings (SSSR count). The predicted molar refractivity (Wildman–Crippen MR) is 93.1 cm³/mol. The van der Waals surface area contributed by atoms with Crippen LogP contribution in [0.5, 0.6) is 0 Å². The zero-order valence-corrected chi connectivity index (χ0v) is 14.1. The Bertz CT molecular complexity index is 1030. The van der Waals surface area contributed by atoms with Gasteiger partial charge in [0, 0.05) is 23.5 Å². The maximum Gasteiger partial charge on any atom is 0.337 e. The summed E-state index contributed by atoms with van der Waals surface area (Å²) in [7, 11) is 0. The minimum Gasteiger partial charge on any atom is -0.478 e. The normalized spacial score (nSPS) is 10.7. The summed E-state index contributed by atoms with van der Waals surface area (Å²) in [6.07, 6.45) is 2.85. The van der Waals surface area contributed by atoms with Gasteiger partial charge in [-0.15, -0.1) is 0 Å². The van der Waals surface area contributed by atoms with Crippen molar-refractivity contribution in [2.24, 2.45) is 0 Å². The molecule has 0 saturated carbocycles. The first-order valence-corrected chi connectivity index (χ1v) is 7.78. The van der Waals surface area contributed by atoms with E-state index >= 15 is 0 Å². The van der Waals surface area contributed by atoms with Gasteiger partial charge in [-0.25, -0.2) is 19.0 Å². The number of aromatic nitrogens is 2. The number of nitrogens with one attached hydrogen (secondary N) is 1. The molecule has 0 spiro atoms. The molecule has 1 aromatic heterocycles. The number of carboxylic acids is 2. The minimum atomic E-state index is -1.35. The molecule has 6 nitrogen and oxygen atoms in total. The van der Waals surface area contributed by atoms with Crippen molar-refractivity contribution in [2.45, 2.75) is 6.92 Å². The van der Waals surface area contributed by atoms with Gasteiger partial charge in [-0.3, -0.25) is 0 Å². The first-order chi connectivity index (χ1) is 12.3. The lowest BCUT2D eigenvalue weighted by molar-refractivity contribution is 0.0695. The molecule has 0 bridgehead atoms. The highest BCUT2D eigenvalue weighted by molar-refractivity contribution is 6.33. The highest BCUT2D eigenvalue weighted by Crippen LogP contribution is 2.39. The van der Waals surface area contributed by atoms with Crippen LogP contribution in [0, 0.1) is 12.7 Å². The van der Waals surface area contributed by atoms with Crippen LogP contribution in [0.2, 0.25) is 5.02 Å². The molecular formula is C18H12ClFN2O4. The highest BCUT2D eigenvalue weighted by Gasteiger charge is 2.28. The number of hydrogen-bond acceptors (Lipinski definition) is 3. The molecule has 0 aliphatic rings. The molecule has 0 aliphatic heterocycles. The second-order valence-corrected chi connectivity index (χ2v) is 5.95. The number of rotatable bonds is 4. The molecular weight excluding hydrogens is 363 g/mol. The molecule has 2 aromatic carbocycles. The summed E-state index contributed by atoms with van der Waals surface area (Å²) in [6, 6.07) is 4.99. The Balaban J connectivity index is 2.47. The summed E-state index contributed by atoms with van der Waals surface area (Å²) in [5, 5.41) is 19.4. The van der Waals surface area contributed by atoms with Crippen molar-refractivity contribution in [3.63, 3.8) is 0 Å². The van der Waals surface area contributed by atoms with Crippen LogP contribution in [-0.4, -0.2) is 32.1 Å². The van der Waals surface area contributed by atoms with Crippen LogP contribution in [0.25, 0.3) is 22.5 Å². The van der Waals surface area contributed by atoms with Crippen molar-refractivity contribution in [3.8, 4) is 22.5 Å². The molecule has 0 aliphatic carbocycles. The Morgan fingerprint density at radius 3 is 2.35 bits per heavy atom. The van der Waals surface area contributed by atoms with Crippen LogP contribution < -0.4 is 0 Å². The van der Waals surface area contributed by atoms with Gasteiger partial charge >= 0.3 is 11.9 Å². The molecule has 0 amide bonds. The van der Waals surface area contributed by atoms with E-state index in [1.165, 1.54) is 24.5 Å². The van der Waals surface area contributed by atoms with Crippen LogP contribution in [0.3, 0.4) is 0 Å². The van der Waals surface area contributed by atoms with Crippen LogP contribution >= 0.6 is 11.6 Å². The third kappa shape index (κ3) is 2.93. The van der Waals surface area contributed by atoms with E-state index in [-0.39, 0.29) is 38.7 Å². The Hall–Kier alpha value is -3.19. The van der Waals surface area contributed by atoms with Gasteiger partial charge in [0.05, 0.1) is 16.1 Å². The Labute approximate surface area is 151 Å². The van der Waals surface area contributed by atoms with Gasteiger partial charge in [-0.05, 0) is 42.3 Å². The fraction of sp³-hybridized carbons (Fsp3) is 0.0556. The van der Waals surface area contributed by atoms with E-state index in [9.17, 15) is 24.2 Å². The van der Waals surface area contributed by atoms with Crippen molar-refractivity contribution in [1.29, 1.82) is 0 Å². The van der Waals surface area contributed by atoms with E-state index < -0.39 is 17.8 Å². The quantitative estimate of drug-likeness (QED) is 0.633. The van der Waals surface area contributed by atoms with Crippen LogP contribution in [0.1, 0.15) is 26.3 Å². The van der Waals surface area contributed by atoms with Gasteiger partial charge in [0.1, 0.15) is 11.6 Å². The average Bonchev–Trinajstić information content (AvgIpc) is 3.07. The Morgan fingerprint density at radius 2 is 1.81 bits per heavy atom.